The number of rotatable bonds is 9. The SMILES string of the molecule is C=C(F)C(=O)N1CCN(c2nc(OCC3(CN(C)C)CC3)nc3nc(-c4cccc5cccc(Cl)c45)ccc23)C[C@@H]1CC#N. The number of benzene rings is 2. The minimum atomic E-state index is -1.04. The molecule has 9 nitrogen and oxygen atoms in total. The van der Waals surface area contributed by atoms with E-state index < -0.39 is 17.8 Å². The number of hydrogen-bond acceptors (Lipinski definition) is 8. The minimum Gasteiger partial charge on any atom is -0.463 e. The number of fused-ring (bicyclic) bond motifs is 2. The molecule has 2 aliphatic rings. The summed E-state index contributed by atoms with van der Waals surface area (Å²) in [7, 11) is 4.10. The zero-order chi connectivity index (χ0) is 31.0. The summed E-state index contributed by atoms with van der Waals surface area (Å²) in [5.41, 5.74) is 2.11. The monoisotopic (exact) mass is 613 g/mol. The minimum absolute atomic E-state index is 0.0409. The Balaban J connectivity index is 1.41. The fourth-order valence-corrected chi connectivity index (χ4v) is 6.39. The smallest absolute Gasteiger partial charge is 0.320 e. The van der Waals surface area contributed by atoms with Crippen LogP contribution in [0.3, 0.4) is 0 Å². The number of pyridine rings is 1. The van der Waals surface area contributed by atoms with Gasteiger partial charge in [0, 0.05) is 47.6 Å². The summed E-state index contributed by atoms with van der Waals surface area (Å²) in [6.07, 6.45) is 2.18. The number of nitriles is 1. The first-order chi connectivity index (χ1) is 21.2. The summed E-state index contributed by atoms with van der Waals surface area (Å²) in [5.74, 6) is -1.25. The molecule has 0 bridgehead atoms. The molecule has 0 spiro atoms. The van der Waals surface area contributed by atoms with Crippen molar-refractivity contribution in [2.75, 3.05) is 51.8 Å². The van der Waals surface area contributed by atoms with Crippen molar-refractivity contribution in [3.8, 4) is 23.3 Å². The first-order valence-corrected chi connectivity index (χ1v) is 15.0. The lowest BCUT2D eigenvalue weighted by Crippen LogP contribution is -2.55. The number of ether oxygens (including phenoxy) is 1. The Morgan fingerprint density at radius 3 is 2.64 bits per heavy atom. The predicted octanol–water partition coefficient (Wildman–Crippen LogP) is 5.63. The molecular weight excluding hydrogens is 581 g/mol. The van der Waals surface area contributed by atoms with Crippen LogP contribution in [-0.2, 0) is 4.79 Å². The summed E-state index contributed by atoms with van der Waals surface area (Å²) in [4.78, 5) is 32.6. The molecule has 11 heteroatoms. The Morgan fingerprint density at radius 1 is 1.16 bits per heavy atom. The lowest BCUT2D eigenvalue weighted by molar-refractivity contribution is -0.131. The van der Waals surface area contributed by atoms with Crippen LogP contribution >= 0.6 is 11.6 Å². The van der Waals surface area contributed by atoms with E-state index in [0.717, 1.165) is 35.7 Å². The molecule has 1 atom stereocenters. The molecule has 2 fully saturated rings. The fraction of sp³-hybridized carbons (Fsp3) is 0.364. The molecule has 226 valence electrons. The molecule has 2 aromatic carbocycles. The van der Waals surface area contributed by atoms with Crippen molar-refractivity contribution in [2.45, 2.75) is 25.3 Å². The number of hydrogen-bond donors (Lipinski definition) is 0. The van der Waals surface area contributed by atoms with Gasteiger partial charge in [-0.15, -0.1) is 0 Å². The average Bonchev–Trinajstić information content (AvgIpc) is 3.77. The van der Waals surface area contributed by atoms with Gasteiger partial charge in [0.15, 0.2) is 11.5 Å². The molecule has 1 aliphatic carbocycles. The van der Waals surface area contributed by atoms with Gasteiger partial charge in [-0.2, -0.15) is 15.2 Å². The van der Waals surface area contributed by atoms with Crippen molar-refractivity contribution in [1.29, 1.82) is 5.26 Å². The van der Waals surface area contributed by atoms with Gasteiger partial charge in [0.2, 0.25) is 0 Å². The summed E-state index contributed by atoms with van der Waals surface area (Å²) in [6, 6.07) is 17.4. The Morgan fingerprint density at radius 2 is 1.93 bits per heavy atom. The lowest BCUT2D eigenvalue weighted by atomic mass is 10.0. The van der Waals surface area contributed by atoms with Gasteiger partial charge in [0.05, 0.1) is 36.2 Å². The van der Waals surface area contributed by atoms with Gasteiger partial charge in [-0.1, -0.05) is 48.5 Å². The molecular formula is C33H33ClFN7O2. The van der Waals surface area contributed by atoms with Gasteiger partial charge < -0.3 is 19.4 Å². The summed E-state index contributed by atoms with van der Waals surface area (Å²) in [6.45, 7) is 5.41. The quantitative estimate of drug-likeness (QED) is 0.224. The van der Waals surface area contributed by atoms with Gasteiger partial charge in [-0.3, -0.25) is 4.79 Å². The highest BCUT2D eigenvalue weighted by Gasteiger charge is 2.44. The number of nitrogens with zero attached hydrogens (tertiary/aromatic N) is 7. The molecule has 1 saturated carbocycles. The van der Waals surface area contributed by atoms with E-state index >= 15 is 0 Å². The molecule has 2 aromatic heterocycles. The molecule has 44 heavy (non-hydrogen) atoms. The van der Waals surface area contributed by atoms with Gasteiger partial charge in [-0.05, 0) is 50.5 Å². The van der Waals surface area contributed by atoms with Crippen molar-refractivity contribution in [1.82, 2.24) is 24.8 Å². The number of carbonyl (C=O) groups excluding carboxylic acids is 1. The van der Waals surface area contributed by atoms with Crippen LogP contribution in [-0.4, -0.2) is 83.6 Å². The van der Waals surface area contributed by atoms with Gasteiger partial charge >= 0.3 is 6.01 Å². The van der Waals surface area contributed by atoms with E-state index in [0.29, 0.717) is 40.7 Å². The first-order valence-electron chi connectivity index (χ1n) is 14.6. The number of halogens is 2. The maximum Gasteiger partial charge on any atom is 0.320 e. The zero-order valence-electron chi connectivity index (χ0n) is 24.8. The van der Waals surface area contributed by atoms with Crippen LogP contribution in [0.4, 0.5) is 10.2 Å². The van der Waals surface area contributed by atoms with Crippen LogP contribution in [0.1, 0.15) is 19.3 Å². The Bertz CT molecular complexity index is 1800. The molecule has 1 saturated heterocycles. The molecule has 0 N–H and O–H groups in total. The third-order valence-electron chi connectivity index (χ3n) is 8.37. The average molecular weight is 614 g/mol. The maximum absolute atomic E-state index is 13.8. The van der Waals surface area contributed by atoms with Crippen LogP contribution in [0.15, 0.2) is 60.9 Å². The summed E-state index contributed by atoms with van der Waals surface area (Å²) >= 11 is 6.64. The Labute approximate surface area is 260 Å². The third-order valence-corrected chi connectivity index (χ3v) is 8.68. The zero-order valence-corrected chi connectivity index (χ0v) is 25.5. The van der Waals surface area contributed by atoms with Crippen LogP contribution in [0.2, 0.25) is 5.02 Å². The van der Waals surface area contributed by atoms with Crippen molar-refractivity contribution >= 4 is 45.1 Å². The highest BCUT2D eigenvalue weighted by atomic mass is 35.5. The number of anilines is 1. The second-order valence-electron chi connectivity index (χ2n) is 11.9. The fourth-order valence-electron chi connectivity index (χ4n) is 6.10. The van der Waals surface area contributed by atoms with Crippen molar-refractivity contribution < 1.29 is 13.9 Å². The van der Waals surface area contributed by atoms with E-state index in [2.05, 4.69) is 31.6 Å². The summed E-state index contributed by atoms with van der Waals surface area (Å²) < 4.78 is 20.1. The molecule has 6 rings (SSSR count). The Kier molecular flexibility index (Phi) is 8.10. The van der Waals surface area contributed by atoms with E-state index in [9.17, 15) is 14.4 Å². The van der Waals surface area contributed by atoms with E-state index in [-0.39, 0.29) is 30.9 Å². The standard InChI is InChI=1S/C33H33ClFN7O2/c1-21(35)31(43)42-17-16-41(18-23(42)12-15-36)30-25-10-11-27(24-8-4-6-22-7-5-9-26(34)28(22)24)37-29(25)38-32(39-30)44-20-33(13-14-33)19-40(2)3/h4-11,23H,1,12-14,16-20H2,2-3H3/t23-/m0/s1. The van der Waals surface area contributed by atoms with E-state index in [1.54, 1.807) is 0 Å². The topological polar surface area (TPSA) is 98.5 Å². The van der Waals surface area contributed by atoms with Crippen molar-refractivity contribution in [2.24, 2.45) is 5.41 Å². The lowest BCUT2D eigenvalue weighted by Gasteiger charge is -2.41. The molecule has 0 radical (unpaired) electrons. The van der Waals surface area contributed by atoms with E-state index in [1.807, 2.05) is 53.4 Å². The normalized spacial score (nSPS) is 17.6. The van der Waals surface area contributed by atoms with E-state index in [4.69, 9.17) is 31.3 Å². The largest absolute Gasteiger partial charge is 0.463 e. The van der Waals surface area contributed by atoms with E-state index in [1.165, 1.54) is 4.90 Å². The molecule has 4 aromatic rings. The van der Waals surface area contributed by atoms with Gasteiger partial charge in [0.1, 0.15) is 5.82 Å². The van der Waals surface area contributed by atoms with Gasteiger partial charge in [-0.25, -0.2) is 9.37 Å². The summed E-state index contributed by atoms with van der Waals surface area (Å²) in [5, 5.41) is 12.7. The second kappa shape index (κ2) is 12.0. The van der Waals surface area contributed by atoms with Gasteiger partial charge in [0.25, 0.3) is 5.91 Å². The second-order valence-corrected chi connectivity index (χ2v) is 12.3. The predicted molar refractivity (Wildman–Crippen MR) is 169 cm³/mol. The van der Waals surface area contributed by atoms with Crippen LogP contribution in [0, 0.1) is 16.7 Å². The highest BCUT2D eigenvalue weighted by molar-refractivity contribution is 6.36. The maximum atomic E-state index is 13.8. The molecule has 1 amide bonds. The van der Waals surface area contributed by atoms with Crippen LogP contribution in [0.25, 0.3) is 33.1 Å². The highest BCUT2D eigenvalue weighted by Crippen LogP contribution is 2.46. The third kappa shape index (κ3) is 5.90. The van der Waals surface area contributed by atoms with Crippen molar-refractivity contribution in [3.63, 3.8) is 0 Å². The van der Waals surface area contributed by atoms with Crippen LogP contribution in [0.5, 0.6) is 6.01 Å². The first kappa shape index (κ1) is 29.7. The number of amides is 1. The van der Waals surface area contributed by atoms with Crippen molar-refractivity contribution in [3.05, 3.63) is 66.0 Å². The molecule has 1 aliphatic heterocycles. The molecule has 0 unspecified atom stereocenters. The number of piperazine rings is 1. The number of aromatic nitrogens is 3. The Hall–Kier alpha value is -4.33. The van der Waals surface area contributed by atoms with Crippen LogP contribution < -0.4 is 9.64 Å². The number of carbonyl (C=O) groups is 1. The molecule has 3 heterocycles.